The number of aromatic nitrogens is 3. The number of hydrogen-bond acceptors (Lipinski definition) is 2. The van der Waals surface area contributed by atoms with Crippen LogP contribution in [-0.2, 0) is 13.5 Å². The molecule has 0 aliphatic rings. The Morgan fingerprint density at radius 1 is 1.33 bits per heavy atom. The van der Waals surface area contributed by atoms with Crippen molar-refractivity contribution in [1.82, 2.24) is 14.8 Å². The minimum Gasteiger partial charge on any atom is -0.493 e. The lowest BCUT2D eigenvalue weighted by molar-refractivity contribution is 0.322. The molecule has 4 heteroatoms. The van der Waals surface area contributed by atoms with Crippen molar-refractivity contribution in [2.75, 3.05) is 6.61 Å². The number of ether oxygens (including phenoxy) is 1. The molecule has 0 aliphatic carbocycles. The second-order valence-corrected chi connectivity index (χ2v) is 4.35. The Labute approximate surface area is 105 Å². The molecule has 3 aromatic rings. The van der Waals surface area contributed by atoms with Gasteiger partial charge in [-0.3, -0.25) is 4.68 Å². The van der Waals surface area contributed by atoms with E-state index in [-0.39, 0.29) is 0 Å². The molecular weight excluding hydrogens is 226 g/mol. The maximum Gasteiger partial charge on any atom is 0.120 e. The number of rotatable bonds is 4. The lowest BCUT2D eigenvalue weighted by Crippen LogP contribution is -2.00. The van der Waals surface area contributed by atoms with E-state index < -0.39 is 0 Å². The van der Waals surface area contributed by atoms with E-state index in [0.29, 0.717) is 6.61 Å². The van der Waals surface area contributed by atoms with Crippen molar-refractivity contribution in [2.45, 2.75) is 6.42 Å². The van der Waals surface area contributed by atoms with Crippen LogP contribution in [-0.4, -0.2) is 21.4 Å². The van der Waals surface area contributed by atoms with Gasteiger partial charge in [-0.2, -0.15) is 5.10 Å². The van der Waals surface area contributed by atoms with Crippen LogP contribution in [0, 0.1) is 0 Å². The molecule has 18 heavy (non-hydrogen) atoms. The first-order valence-corrected chi connectivity index (χ1v) is 5.99. The molecule has 1 aromatic carbocycles. The smallest absolute Gasteiger partial charge is 0.120 e. The van der Waals surface area contributed by atoms with E-state index in [1.165, 1.54) is 10.9 Å². The van der Waals surface area contributed by atoms with Crippen LogP contribution in [0.1, 0.15) is 5.56 Å². The van der Waals surface area contributed by atoms with Crippen molar-refractivity contribution in [3.05, 3.63) is 48.4 Å². The molecule has 0 saturated heterocycles. The van der Waals surface area contributed by atoms with Crippen LogP contribution in [0.4, 0.5) is 0 Å². The van der Waals surface area contributed by atoms with Gasteiger partial charge in [-0.05, 0) is 29.8 Å². The lowest BCUT2D eigenvalue weighted by atomic mass is 10.2. The highest BCUT2D eigenvalue weighted by molar-refractivity contribution is 5.80. The van der Waals surface area contributed by atoms with Crippen LogP contribution in [0.5, 0.6) is 5.75 Å². The molecule has 0 fully saturated rings. The van der Waals surface area contributed by atoms with Gasteiger partial charge in [0.05, 0.1) is 12.8 Å². The van der Waals surface area contributed by atoms with E-state index >= 15 is 0 Å². The van der Waals surface area contributed by atoms with E-state index in [9.17, 15) is 0 Å². The Hall–Kier alpha value is -2.23. The number of aryl methyl sites for hydroxylation is 1. The van der Waals surface area contributed by atoms with Crippen LogP contribution < -0.4 is 4.74 Å². The zero-order chi connectivity index (χ0) is 12.4. The average Bonchev–Trinajstić information content (AvgIpc) is 2.97. The van der Waals surface area contributed by atoms with Crippen LogP contribution in [0.3, 0.4) is 0 Å². The highest BCUT2D eigenvalue weighted by Gasteiger charge is 2.00. The minimum absolute atomic E-state index is 0.668. The summed E-state index contributed by atoms with van der Waals surface area (Å²) in [7, 11) is 1.92. The average molecular weight is 241 g/mol. The summed E-state index contributed by atoms with van der Waals surface area (Å²) >= 11 is 0. The Morgan fingerprint density at radius 3 is 3.11 bits per heavy atom. The zero-order valence-electron chi connectivity index (χ0n) is 10.3. The van der Waals surface area contributed by atoms with Crippen LogP contribution in [0.25, 0.3) is 10.9 Å². The molecule has 4 nitrogen and oxygen atoms in total. The summed E-state index contributed by atoms with van der Waals surface area (Å²) in [5, 5.41) is 5.31. The number of benzene rings is 1. The summed E-state index contributed by atoms with van der Waals surface area (Å²) in [6.45, 7) is 0.668. The number of aromatic amines is 1. The van der Waals surface area contributed by atoms with Gasteiger partial charge >= 0.3 is 0 Å². The van der Waals surface area contributed by atoms with Crippen molar-refractivity contribution in [2.24, 2.45) is 7.05 Å². The van der Waals surface area contributed by atoms with Crippen molar-refractivity contribution >= 4 is 10.9 Å². The first-order valence-electron chi connectivity index (χ1n) is 5.99. The molecule has 2 heterocycles. The Kier molecular flexibility index (Phi) is 2.76. The Morgan fingerprint density at radius 2 is 2.28 bits per heavy atom. The lowest BCUT2D eigenvalue weighted by Gasteiger charge is -2.05. The Bertz CT molecular complexity index is 654. The zero-order valence-corrected chi connectivity index (χ0v) is 10.3. The monoisotopic (exact) mass is 241 g/mol. The molecule has 0 unspecified atom stereocenters. The van der Waals surface area contributed by atoms with Gasteiger partial charge in [-0.1, -0.05) is 0 Å². The predicted molar refractivity (Wildman–Crippen MR) is 70.7 cm³/mol. The van der Waals surface area contributed by atoms with Gasteiger partial charge in [0.25, 0.3) is 0 Å². The molecule has 92 valence electrons. The van der Waals surface area contributed by atoms with E-state index in [4.69, 9.17) is 4.74 Å². The fraction of sp³-hybridized carbons (Fsp3) is 0.214. The fourth-order valence-electron chi connectivity index (χ4n) is 2.01. The molecule has 0 saturated carbocycles. The van der Waals surface area contributed by atoms with Crippen molar-refractivity contribution < 1.29 is 4.74 Å². The number of H-pyrrole nitrogens is 1. The molecule has 2 aromatic heterocycles. The van der Waals surface area contributed by atoms with Gasteiger partial charge in [0.15, 0.2) is 0 Å². The van der Waals surface area contributed by atoms with Crippen molar-refractivity contribution in [1.29, 1.82) is 0 Å². The van der Waals surface area contributed by atoms with Crippen molar-refractivity contribution in [3.63, 3.8) is 0 Å². The summed E-state index contributed by atoms with van der Waals surface area (Å²) in [6.07, 6.45) is 6.69. The van der Waals surface area contributed by atoms with E-state index in [0.717, 1.165) is 17.7 Å². The summed E-state index contributed by atoms with van der Waals surface area (Å²) in [5.74, 6) is 0.908. The molecule has 0 spiro atoms. The van der Waals surface area contributed by atoms with Gasteiger partial charge in [0.2, 0.25) is 0 Å². The van der Waals surface area contributed by atoms with Crippen LogP contribution in [0.15, 0.2) is 42.9 Å². The molecule has 0 bridgehead atoms. The number of hydrogen-bond donors (Lipinski definition) is 1. The third-order valence-electron chi connectivity index (χ3n) is 2.94. The number of nitrogens with one attached hydrogen (secondary N) is 1. The van der Waals surface area contributed by atoms with Gasteiger partial charge in [0, 0.05) is 36.8 Å². The van der Waals surface area contributed by atoms with Crippen LogP contribution in [0.2, 0.25) is 0 Å². The summed E-state index contributed by atoms with van der Waals surface area (Å²) in [4.78, 5) is 3.16. The predicted octanol–water partition coefficient (Wildman–Crippen LogP) is 2.52. The maximum atomic E-state index is 5.75. The first-order chi connectivity index (χ1) is 8.81. The van der Waals surface area contributed by atoms with E-state index in [2.05, 4.69) is 16.1 Å². The second kappa shape index (κ2) is 4.56. The van der Waals surface area contributed by atoms with Gasteiger partial charge in [-0.25, -0.2) is 0 Å². The molecule has 0 atom stereocenters. The molecule has 0 radical (unpaired) electrons. The van der Waals surface area contributed by atoms with E-state index in [1.807, 2.05) is 43.8 Å². The quantitative estimate of drug-likeness (QED) is 0.762. The van der Waals surface area contributed by atoms with Crippen LogP contribution >= 0.6 is 0 Å². The molecular formula is C14H15N3O. The highest BCUT2D eigenvalue weighted by Crippen LogP contribution is 2.19. The third kappa shape index (κ3) is 2.22. The summed E-state index contributed by atoms with van der Waals surface area (Å²) in [6, 6.07) is 8.12. The standard InChI is InChI=1S/C14H15N3O/c1-17-10-11(9-16-17)5-7-18-13-2-3-14-12(8-13)4-6-15-14/h2-4,6,8-10,15H,5,7H2,1H3. The highest BCUT2D eigenvalue weighted by atomic mass is 16.5. The fourth-order valence-corrected chi connectivity index (χ4v) is 2.01. The normalized spacial score (nSPS) is 10.9. The van der Waals surface area contributed by atoms with Gasteiger partial charge in [-0.15, -0.1) is 0 Å². The number of nitrogens with zero attached hydrogens (tertiary/aromatic N) is 2. The second-order valence-electron chi connectivity index (χ2n) is 4.35. The third-order valence-corrected chi connectivity index (χ3v) is 2.94. The first kappa shape index (κ1) is 10.9. The SMILES string of the molecule is Cn1cc(CCOc2ccc3[nH]ccc3c2)cn1. The molecule has 0 amide bonds. The molecule has 0 aliphatic heterocycles. The van der Waals surface area contributed by atoms with Gasteiger partial charge < -0.3 is 9.72 Å². The maximum absolute atomic E-state index is 5.75. The minimum atomic E-state index is 0.668. The van der Waals surface area contributed by atoms with Crippen molar-refractivity contribution in [3.8, 4) is 5.75 Å². The summed E-state index contributed by atoms with van der Waals surface area (Å²) < 4.78 is 7.55. The largest absolute Gasteiger partial charge is 0.493 e. The summed E-state index contributed by atoms with van der Waals surface area (Å²) in [5.41, 5.74) is 2.33. The number of fused-ring (bicyclic) bond motifs is 1. The topological polar surface area (TPSA) is 42.8 Å². The Balaban J connectivity index is 1.62. The van der Waals surface area contributed by atoms with E-state index in [1.54, 1.807) is 4.68 Å². The molecule has 1 N–H and O–H groups in total. The van der Waals surface area contributed by atoms with Gasteiger partial charge in [0.1, 0.15) is 5.75 Å². The molecule has 3 rings (SSSR count).